The molecule has 1 aromatic rings. The first kappa shape index (κ1) is 18.6. The maximum atomic E-state index is 12.2. The Morgan fingerprint density at radius 2 is 2.19 bits per heavy atom. The molecule has 4 N–H and O–H groups in total. The van der Waals surface area contributed by atoms with E-state index in [0.29, 0.717) is 9.91 Å². The monoisotopic (exact) mass is 395 g/mol. The van der Waals surface area contributed by atoms with Gasteiger partial charge in [-0.05, 0) is 18.4 Å². The van der Waals surface area contributed by atoms with E-state index in [1.807, 2.05) is 6.92 Å². The molecule has 0 aromatic carbocycles. The standard InChI is InChI=1S/C16H17N3O5S2/c1-6-11-10(7(2)20)15(22)19(11)12(16(23)24)13(6)25-4-3-9-18-8(5-26-9)14(17)21/h3-7,10-11,20H,1-2H3,(H2,17,21)(H,23,24)/t6-,7-,10-,11-/m1/s1. The Morgan fingerprint density at radius 1 is 1.50 bits per heavy atom. The Bertz CT molecular complexity index is 845. The SMILES string of the molecule is C[C@@H](O)[C@H]1C(=O)N2C(C(=O)O)=C(SC=Cc3nc(C(N)=O)cs3)[C@H](C)[C@H]12. The van der Waals surface area contributed by atoms with Crippen molar-refractivity contribution in [3.05, 3.63) is 32.1 Å². The topological polar surface area (TPSA) is 134 Å². The Labute approximate surface area is 157 Å². The number of carboxylic acids is 1. The summed E-state index contributed by atoms with van der Waals surface area (Å²) >= 11 is 2.44. The highest BCUT2D eigenvalue weighted by atomic mass is 32.2. The van der Waals surface area contributed by atoms with Crippen molar-refractivity contribution in [2.24, 2.45) is 17.6 Å². The van der Waals surface area contributed by atoms with Gasteiger partial charge in [0.25, 0.3) is 5.91 Å². The van der Waals surface area contributed by atoms with Crippen molar-refractivity contribution in [3.8, 4) is 0 Å². The van der Waals surface area contributed by atoms with Gasteiger partial charge < -0.3 is 20.8 Å². The van der Waals surface area contributed by atoms with Gasteiger partial charge in [-0.2, -0.15) is 0 Å². The lowest BCUT2D eigenvalue weighted by atomic mass is 9.79. The molecule has 2 amide bonds. The summed E-state index contributed by atoms with van der Waals surface area (Å²) < 4.78 is 0. The van der Waals surface area contributed by atoms with Gasteiger partial charge in [0.15, 0.2) is 0 Å². The maximum Gasteiger partial charge on any atom is 0.353 e. The number of carboxylic acid groups (broad SMARTS) is 1. The van der Waals surface area contributed by atoms with E-state index in [9.17, 15) is 24.6 Å². The maximum absolute atomic E-state index is 12.2. The van der Waals surface area contributed by atoms with Crippen LogP contribution in [0.25, 0.3) is 6.08 Å². The number of thioether (sulfide) groups is 1. The lowest BCUT2D eigenvalue weighted by Crippen LogP contribution is -2.63. The van der Waals surface area contributed by atoms with E-state index in [4.69, 9.17) is 5.73 Å². The zero-order valence-corrected chi connectivity index (χ0v) is 15.6. The third kappa shape index (κ3) is 2.93. The van der Waals surface area contributed by atoms with Crippen LogP contribution in [0.2, 0.25) is 0 Å². The summed E-state index contributed by atoms with van der Waals surface area (Å²) in [6, 6.07) is -0.342. The highest BCUT2D eigenvalue weighted by Crippen LogP contribution is 2.50. The molecule has 26 heavy (non-hydrogen) atoms. The van der Waals surface area contributed by atoms with Crippen LogP contribution >= 0.6 is 23.1 Å². The van der Waals surface area contributed by atoms with E-state index in [0.717, 1.165) is 0 Å². The fourth-order valence-electron chi connectivity index (χ4n) is 3.32. The van der Waals surface area contributed by atoms with E-state index in [2.05, 4.69) is 4.98 Å². The quantitative estimate of drug-likeness (QED) is 0.614. The summed E-state index contributed by atoms with van der Waals surface area (Å²) in [5.41, 5.74) is 5.30. The summed E-state index contributed by atoms with van der Waals surface area (Å²) in [7, 11) is 0. The number of nitrogens with zero attached hydrogens (tertiary/aromatic N) is 2. The molecular weight excluding hydrogens is 378 g/mol. The van der Waals surface area contributed by atoms with Crippen LogP contribution in [0.1, 0.15) is 29.3 Å². The lowest BCUT2D eigenvalue weighted by Gasteiger charge is -2.46. The zero-order chi connectivity index (χ0) is 19.2. The number of aliphatic hydroxyl groups is 1. The Kier molecular flexibility index (Phi) is 4.91. The molecule has 3 rings (SSSR count). The van der Waals surface area contributed by atoms with Crippen LogP contribution in [0.3, 0.4) is 0 Å². The summed E-state index contributed by atoms with van der Waals surface area (Å²) in [5, 5.41) is 23.1. The van der Waals surface area contributed by atoms with Gasteiger partial charge in [-0.1, -0.05) is 18.7 Å². The number of aromatic nitrogens is 1. The van der Waals surface area contributed by atoms with Gasteiger partial charge in [0.1, 0.15) is 16.4 Å². The molecule has 0 aliphatic carbocycles. The first-order chi connectivity index (χ1) is 12.2. The molecule has 2 aliphatic rings. The molecule has 0 spiro atoms. The predicted octanol–water partition coefficient (Wildman–Crippen LogP) is 1.10. The van der Waals surface area contributed by atoms with Gasteiger partial charge in [-0.15, -0.1) is 11.3 Å². The number of primary amides is 1. The minimum absolute atomic E-state index is 0.0315. The molecule has 3 heterocycles. The summed E-state index contributed by atoms with van der Waals surface area (Å²) in [6.45, 7) is 3.39. The molecule has 2 aliphatic heterocycles. The number of rotatable bonds is 6. The van der Waals surface area contributed by atoms with Crippen molar-refractivity contribution in [2.75, 3.05) is 0 Å². The molecule has 1 aromatic heterocycles. The Balaban J connectivity index is 1.81. The average molecular weight is 395 g/mol. The Morgan fingerprint density at radius 3 is 2.73 bits per heavy atom. The van der Waals surface area contributed by atoms with Crippen LogP contribution < -0.4 is 5.73 Å². The van der Waals surface area contributed by atoms with Crippen LogP contribution in [0.5, 0.6) is 0 Å². The van der Waals surface area contributed by atoms with Crippen LogP contribution in [0, 0.1) is 11.8 Å². The molecule has 0 unspecified atom stereocenters. The van der Waals surface area contributed by atoms with Crippen LogP contribution in [-0.4, -0.2) is 50.0 Å². The van der Waals surface area contributed by atoms with Crippen molar-refractivity contribution in [3.63, 3.8) is 0 Å². The molecule has 10 heteroatoms. The number of β-lactam (4-membered cyclic amide) rings is 1. The second-order valence-corrected chi connectivity index (χ2v) is 7.97. The number of thiazole rings is 1. The number of carbonyl (C=O) groups excluding carboxylic acids is 2. The van der Waals surface area contributed by atoms with Gasteiger partial charge in [0.05, 0.1) is 18.1 Å². The summed E-state index contributed by atoms with van der Waals surface area (Å²) in [5.74, 6) is -2.93. The zero-order valence-electron chi connectivity index (χ0n) is 13.9. The van der Waals surface area contributed by atoms with Crippen molar-refractivity contribution >= 4 is 47.0 Å². The minimum Gasteiger partial charge on any atom is -0.477 e. The van der Waals surface area contributed by atoms with Crippen molar-refractivity contribution in [2.45, 2.75) is 26.0 Å². The molecule has 138 valence electrons. The van der Waals surface area contributed by atoms with Gasteiger partial charge in [0, 0.05) is 16.2 Å². The number of aliphatic carboxylic acids is 1. The number of amides is 2. The molecule has 1 saturated heterocycles. The normalized spacial score (nSPS) is 26.2. The molecule has 0 saturated carbocycles. The van der Waals surface area contributed by atoms with Crippen LogP contribution in [0.4, 0.5) is 0 Å². The molecule has 1 fully saturated rings. The van der Waals surface area contributed by atoms with Gasteiger partial charge in [-0.25, -0.2) is 9.78 Å². The highest BCUT2D eigenvalue weighted by molar-refractivity contribution is 8.06. The number of aliphatic hydroxyl groups excluding tert-OH is 1. The largest absolute Gasteiger partial charge is 0.477 e. The van der Waals surface area contributed by atoms with Crippen molar-refractivity contribution in [1.82, 2.24) is 9.88 Å². The molecule has 8 nitrogen and oxygen atoms in total. The second-order valence-electron chi connectivity index (χ2n) is 6.13. The lowest BCUT2D eigenvalue weighted by molar-refractivity contribution is -0.163. The number of hydrogen-bond acceptors (Lipinski definition) is 7. The fraction of sp³-hybridized carbons (Fsp3) is 0.375. The highest BCUT2D eigenvalue weighted by Gasteiger charge is 2.59. The van der Waals surface area contributed by atoms with E-state index < -0.39 is 23.9 Å². The third-order valence-electron chi connectivity index (χ3n) is 4.49. The van der Waals surface area contributed by atoms with E-state index in [-0.39, 0.29) is 29.3 Å². The molecule has 0 bridgehead atoms. The third-order valence-corrected chi connectivity index (χ3v) is 6.39. The fourth-order valence-corrected chi connectivity index (χ4v) is 5.10. The molecule has 4 atom stereocenters. The first-order valence-electron chi connectivity index (χ1n) is 7.81. The number of nitrogens with two attached hydrogens (primary N) is 1. The number of hydrogen-bond donors (Lipinski definition) is 3. The van der Waals surface area contributed by atoms with E-state index in [1.54, 1.807) is 16.9 Å². The number of carbonyl (C=O) groups is 3. The van der Waals surface area contributed by atoms with Gasteiger partial charge >= 0.3 is 5.97 Å². The molecular formula is C16H17N3O5S2. The summed E-state index contributed by atoms with van der Waals surface area (Å²) in [4.78, 5) is 40.9. The van der Waals surface area contributed by atoms with Crippen LogP contribution in [-0.2, 0) is 9.59 Å². The average Bonchev–Trinajstić information content (AvgIpc) is 3.10. The first-order valence-corrected chi connectivity index (χ1v) is 9.57. The van der Waals surface area contributed by atoms with Crippen molar-refractivity contribution < 1.29 is 24.6 Å². The van der Waals surface area contributed by atoms with Gasteiger partial charge in [-0.3, -0.25) is 9.59 Å². The van der Waals surface area contributed by atoms with E-state index >= 15 is 0 Å². The molecule has 0 radical (unpaired) electrons. The van der Waals surface area contributed by atoms with Gasteiger partial charge in [0.2, 0.25) is 5.91 Å². The smallest absolute Gasteiger partial charge is 0.353 e. The summed E-state index contributed by atoms with van der Waals surface area (Å²) in [6.07, 6.45) is 0.827. The minimum atomic E-state index is -1.17. The van der Waals surface area contributed by atoms with E-state index in [1.165, 1.54) is 34.9 Å². The van der Waals surface area contributed by atoms with Crippen molar-refractivity contribution in [1.29, 1.82) is 0 Å². The second kappa shape index (κ2) is 6.86. The van der Waals surface area contributed by atoms with Crippen LogP contribution in [0.15, 0.2) is 21.4 Å². The number of fused-ring (bicyclic) bond motifs is 1. The predicted molar refractivity (Wildman–Crippen MR) is 96.9 cm³/mol. The Hall–Kier alpha value is -2.17.